The Hall–Kier alpha value is -0.850. The third-order valence-electron chi connectivity index (χ3n) is 5.25. The zero-order chi connectivity index (χ0) is 16.6. The number of aliphatic hydroxyl groups excluding tert-OH is 1. The van der Waals surface area contributed by atoms with E-state index < -0.39 is 5.60 Å². The predicted molar refractivity (Wildman–Crippen MR) is 88.4 cm³/mol. The fourth-order valence-electron chi connectivity index (χ4n) is 4.32. The van der Waals surface area contributed by atoms with Gasteiger partial charge >= 0.3 is 6.09 Å². The third kappa shape index (κ3) is 3.80. The van der Waals surface area contributed by atoms with Crippen LogP contribution in [0.3, 0.4) is 0 Å². The molecule has 2 saturated heterocycles. The number of hydrogen-bond acceptors (Lipinski definition) is 5. The van der Waals surface area contributed by atoms with Crippen LogP contribution in [0, 0.1) is 0 Å². The van der Waals surface area contributed by atoms with E-state index in [9.17, 15) is 9.90 Å². The van der Waals surface area contributed by atoms with Crippen molar-refractivity contribution in [2.45, 2.75) is 76.3 Å². The first kappa shape index (κ1) is 17.0. The molecule has 0 aromatic heterocycles. The molecular weight excluding hydrogens is 294 g/mol. The average Bonchev–Trinajstić information content (AvgIpc) is 2.90. The van der Waals surface area contributed by atoms with Crippen molar-refractivity contribution in [3.63, 3.8) is 0 Å². The first-order chi connectivity index (χ1) is 10.8. The lowest BCUT2D eigenvalue weighted by atomic mass is 9.83. The van der Waals surface area contributed by atoms with Gasteiger partial charge in [0.05, 0.1) is 12.1 Å². The minimum atomic E-state index is -0.454. The van der Waals surface area contributed by atoms with Gasteiger partial charge in [-0.25, -0.2) is 4.79 Å². The van der Waals surface area contributed by atoms with Crippen LogP contribution in [0.15, 0.2) is 0 Å². The molecular formula is C17H31N3O3. The Morgan fingerprint density at radius 3 is 2.57 bits per heavy atom. The zero-order valence-corrected chi connectivity index (χ0v) is 14.6. The number of rotatable bonds is 1. The fourth-order valence-corrected chi connectivity index (χ4v) is 4.32. The van der Waals surface area contributed by atoms with Crippen LogP contribution in [-0.2, 0) is 4.74 Å². The summed E-state index contributed by atoms with van der Waals surface area (Å²) < 4.78 is 5.61. The molecule has 4 atom stereocenters. The van der Waals surface area contributed by atoms with Crippen LogP contribution in [0.1, 0.15) is 46.5 Å². The lowest BCUT2D eigenvalue weighted by Gasteiger charge is -2.50. The highest BCUT2D eigenvalue weighted by Crippen LogP contribution is 2.31. The molecule has 1 saturated carbocycles. The molecule has 1 unspecified atom stereocenters. The Kier molecular flexibility index (Phi) is 4.85. The van der Waals surface area contributed by atoms with E-state index in [0.29, 0.717) is 12.6 Å². The maximum atomic E-state index is 12.6. The van der Waals surface area contributed by atoms with Gasteiger partial charge in [-0.05, 0) is 46.5 Å². The van der Waals surface area contributed by atoms with Gasteiger partial charge in [0.1, 0.15) is 5.60 Å². The number of fused-ring (bicyclic) bond motifs is 1. The second-order valence-electron chi connectivity index (χ2n) is 8.16. The monoisotopic (exact) mass is 325 g/mol. The first-order valence-electron chi connectivity index (χ1n) is 9.00. The van der Waals surface area contributed by atoms with Crippen molar-refractivity contribution in [2.75, 3.05) is 26.2 Å². The van der Waals surface area contributed by atoms with Crippen molar-refractivity contribution in [3.8, 4) is 0 Å². The van der Waals surface area contributed by atoms with Crippen molar-refractivity contribution in [1.29, 1.82) is 0 Å². The average molecular weight is 325 g/mol. The van der Waals surface area contributed by atoms with Crippen LogP contribution >= 0.6 is 0 Å². The van der Waals surface area contributed by atoms with E-state index in [-0.39, 0.29) is 24.3 Å². The summed E-state index contributed by atoms with van der Waals surface area (Å²) in [6.45, 7) is 9.00. The lowest BCUT2D eigenvalue weighted by Crippen LogP contribution is -2.67. The molecule has 132 valence electrons. The van der Waals surface area contributed by atoms with Crippen LogP contribution in [0.2, 0.25) is 0 Å². The minimum Gasteiger partial charge on any atom is -0.444 e. The number of piperazine rings is 1. The largest absolute Gasteiger partial charge is 0.444 e. The molecule has 2 N–H and O–H groups in total. The SMILES string of the molecule is CC(C)(C)OC(=O)N1CCN[C@@H]2[C@@H](N3CCC(O)C3)CCC[C@@H]21. The van der Waals surface area contributed by atoms with E-state index in [4.69, 9.17) is 4.74 Å². The Labute approximate surface area is 139 Å². The number of ether oxygens (including phenoxy) is 1. The number of nitrogens with zero attached hydrogens (tertiary/aromatic N) is 2. The summed E-state index contributed by atoms with van der Waals surface area (Å²) in [5.41, 5.74) is -0.454. The highest BCUT2D eigenvalue weighted by Gasteiger charge is 2.44. The summed E-state index contributed by atoms with van der Waals surface area (Å²) >= 11 is 0. The van der Waals surface area contributed by atoms with Crippen molar-refractivity contribution in [1.82, 2.24) is 15.1 Å². The number of hydrogen-bond donors (Lipinski definition) is 2. The number of carbonyl (C=O) groups is 1. The second kappa shape index (κ2) is 6.57. The van der Waals surface area contributed by atoms with Gasteiger partial charge in [0, 0.05) is 38.3 Å². The molecule has 6 nitrogen and oxygen atoms in total. The van der Waals surface area contributed by atoms with Crippen molar-refractivity contribution < 1.29 is 14.6 Å². The zero-order valence-electron chi connectivity index (χ0n) is 14.6. The van der Waals surface area contributed by atoms with E-state index in [1.165, 1.54) is 0 Å². The lowest BCUT2D eigenvalue weighted by molar-refractivity contribution is -0.0133. The van der Waals surface area contributed by atoms with E-state index in [1.54, 1.807) is 0 Å². The molecule has 0 aromatic rings. The van der Waals surface area contributed by atoms with Gasteiger partial charge in [-0.15, -0.1) is 0 Å². The van der Waals surface area contributed by atoms with Gasteiger partial charge < -0.3 is 20.1 Å². The molecule has 2 heterocycles. The van der Waals surface area contributed by atoms with Gasteiger partial charge in [-0.3, -0.25) is 4.90 Å². The van der Waals surface area contributed by atoms with Crippen molar-refractivity contribution in [3.05, 3.63) is 0 Å². The summed E-state index contributed by atoms with van der Waals surface area (Å²) in [7, 11) is 0. The highest BCUT2D eigenvalue weighted by atomic mass is 16.6. The van der Waals surface area contributed by atoms with Crippen molar-refractivity contribution in [2.24, 2.45) is 0 Å². The van der Waals surface area contributed by atoms with Gasteiger partial charge in [0.25, 0.3) is 0 Å². The van der Waals surface area contributed by atoms with E-state index in [2.05, 4.69) is 10.2 Å². The fraction of sp³-hybridized carbons (Fsp3) is 0.941. The number of aliphatic hydroxyl groups is 1. The van der Waals surface area contributed by atoms with E-state index in [1.807, 2.05) is 25.7 Å². The normalized spacial score (nSPS) is 35.9. The molecule has 3 aliphatic rings. The summed E-state index contributed by atoms with van der Waals surface area (Å²) in [6, 6.07) is 0.904. The molecule has 1 amide bonds. The quantitative estimate of drug-likeness (QED) is 0.758. The molecule has 23 heavy (non-hydrogen) atoms. The van der Waals surface area contributed by atoms with Crippen LogP contribution in [0.25, 0.3) is 0 Å². The Morgan fingerprint density at radius 2 is 1.91 bits per heavy atom. The third-order valence-corrected chi connectivity index (χ3v) is 5.25. The first-order valence-corrected chi connectivity index (χ1v) is 9.00. The summed E-state index contributed by atoms with van der Waals surface area (Å²) in [6.07, 6.45) is 3.78. The molecule has 0 aromatic carbocycles. The van der Waals surface area contributed by atoms with Gasteiger partial charge in [0.15, 0.2) is 0 Å². The predicted octanol–water partition coefficient (Wildman–Crippen LogP) is 1.18. The molecule has 2 aliphatic heterocycles. The number of β-amino-alcohol motifs (C(OH)–C–C–N with tert-alkyl or cyclic N) is 1. The summed E-state index contributed by atoms with van der Waals surface area (Å²) in [4.78, 5) is 16.9. The van der Waals surface area contributed by atoms with E-state index >= 15 is 0 Å². The molecule has 3 fully saturated rings. The number of carbonyl (C=O) groups excluding carboxylic acids is 1. The van der Waals surface area contributed by atoms with Crippen LogP contribution in [0.5, 0.6) is 0 Å². The number of likely N-dealkylation sites (tertiary alicyclic amines) is 1. The van der Waals surface area contributed by atoms with Crippen LogP contribution in [0.4, 0.5) is 4.79 Å². The number of nitrogens with one attached hydrogen (secondary N) is 1. The Balaban J connectivity index is 1.70. The van der Waals surface area contributed by atoms with E-state index in [0.717, 1.165) is 45.3 Å². The minimum absolute atomic E-state index is 0.184. The Bertz CT molecular complexity index is 437. The topological polar surface area (TPSA) is 65.0 Å². The summed E-state index contributed by atoms with van der Waals surface area (Å²) in [5.74, 6) is 0. The van der Waals surface area contributed by atoms with Gasteiger partial charge in [-0.1, -0.05) is 0 Å². The molecule has 3 rings (SSSR count). The second-order valence-corrected chi connectivity index (χ2v) is 8.16. The molecule has 0 spiro atoms. The molecule has 0 radical (unpaired) electrons. The number of amides is 1. The molecule has 6 heteroatoms. The maximum Gasteiger partial charge on any atom is 0.410 e. The summed E-state index contributed by atoms with van der Waals surface area (Å²) in [5, 5.41) is 13.5. The smallest absolute Gasteiger partial charge is 0.410 e. The van der Waals surface area contributed by atoms with Crippen molar-refractivity contribution >= 4 is 6.09 Å². The molecule has 0 bridgehead atoms. The maximum absolute atomic E-state index is 12.6. The molecule has 1 aliphatic carbocycles. The van der Waals surface area contributed by atoms with Gasteiger partial charge in [0.2, 0.25) is 0 Å². The van der Waals surface area contributed by atoms with Crippen LogP contribution in [-0.4, -0.2) is 77.0 Å². The highest BCUT2D eigenvalue weighted by molar-refractivity contribution is 5.69. The van der Waals surface area contributed by atoms with Crippen LogP contribution < -0.4 is 5.32 Å². The Morgan fingerprint density at radius 1 is 1.17 bits per heavy atom. The van der Waals surface area contributed by atoms with Gasteiger partial charge in [-0.2, -0.15) is 0 Å². The standard InChI is InChI=1S/C17H31N3O3/c1-17(2,3)23-16(22)20-10-8-18-15-13(5-4-6-14(15)20)19-9-7-12(21)11-19/h12-15,18,21H,4-11H2,1-3H3/t12?,13-,14-,15+/m0/s1.